The first kappa shape index (κ1) is 24.3. The van der Waals surface area contributed by atoms with Crippen LogP contribution >= 0.6 is 11.8 Å². The minimum absolute atomic E-state index is 0.0295. The van der Waals surface area contributed by atoms with Crippen LogP contribution in [0.4, 0.5) is 0 Å². The van der Waals surface area contributed by atoms with Crippen molar-refractivity contribution in [1.29, 1.82) is 0 Å². The number of thioether (sulfide) groups is 1. The van der Waals surface area contributed by atoms with Crippen molar-refractivity contribution in [3.05, 3.63) is 23.3 Å². The van der Waals surface area contributed by atoms with Gasteiger partial charge in [-0.2, -0.15) is 21.7 Å². The number of aryl methyl sites for hydroxylation is 2. The van der Waals surface area contributed by atoms with Gasteiger partial charge in [0.1, 0.15) is 5.75 Å². The maximum absolute atomic E-state index is 13.1. The molecule has 0 amide bonds. The second kappa shape index (κ2) is 9.79. The molecule has 34 heavy (non-hydrogen) atoms. The molecule has 1 atom stereocenters. The van der Waals surface area contributed by atoms with E-state index in [0.29, 0.717) is 47.6 Å². The lowest BCUT2D eigenvalue weighted by molar-refractivity contribution is -0.139. The van der Waals surface area contributed by atoms with E-state index < -0.39 is 27.7 Å². The van der Waals surface area contributed by atoms with Crippen LogP contribution in [0.2, 0.25) is 0 Å². The van der Waals surface area contributed by atoms with Crippen LogP contribution < -0.4 is 9.47 Å². The SMILES string of the molecule is CCCOc1nc(S(=O)(=O)C2CCSC2)nc2oc(-c3cc(C)c(OCC(=O)O)c(C)c3)nc12. The van der Waals surface area contributed by atoms with Gasteiger partial charge in [0.25, 0.3) is 10.9 Å². The highest BCUT2D eigenvalue weighted by Gasteiger charge is 2.35. The van der Waals surface area contributed by atoms with Crippen molar-refractivity contribution in [2.45, 2.75) is 44.0 Å². The third-order valence-electron chi connectivity index (χ3n) is 5.28. The third kappa shape index (κ3) is 4.83. The van der Waals surface area contributed by atoms with Gasteiger partial charge in [0.05, 0.1) is 11.9 Å². The molecule has 1 aliphatic heterocycles. The smallest absolute Gasteiger partial charge is 0.341 e. The Morgan fingerprint density at radius 1 is 1.21 bits per heavy atom. The number of aliphatic carboxylic acids is 1. The number of nitrogens with zero attached hydrogens (tertiary/aromatic N) is 3. The molecular formula is C22H25N3O7S2. The van der Waals surface area contributed by atoms with E-state index in [1.54, 1.807) is 37.7 Å². The lowest BCUT2D eigenvalue weighted by Gasteiger charge is -2.11. The number of aromatic nitrogens is 3. The van der Waals surface area contributed by atoms with Gasteiger partial charge in [0, 0.05) is 11.3 Å². The highest BCUT2D eigenvalue weighted by molar-refractivity contribution is 8.01. The fourth-order valence-electron chi connectivity index (χ4n) is 3.67. The maximum atomic E-state index is 13.1. The van der Waals surface area contributed by atoms with Crippen LogP contribution in [0.15, 0.2) is 21.7 Å². The number of fused-ring (bicyclic) bond motifs is 1. The number of carbonyl (C=O) groups is 1. The standard InChI is InChI=1S/C22H25N3O7S2/c1-4-6-30-20-17-21(25-22(24-20)34(28,29)15-5-7-33-11-15)32-19(23-17)14-8-12(2)18(13(3)9-14)31-10-16(26)27/h8-9,15H,4-7,10-11H2,1-3H3,(H,26,27). The molecule has 3 heterocycles. The summed E-state index contributed by atoms with van der Waals surface area (Å²) < 4.78 is 43.2. The molecular weight excluding hydrogens is 482 g/mol. The van der Waals surface area contributed by atoms with Crippen LogP contribution in [0.1, 0.15) is 30.9 Å². The van der Waals surface area contributed by atoms with Crippen LogP contribution in [0.25, 0.3) is 22.7 Å². The zero-order valence-corrected chi connectivity index (χ0v) is 20.7. The highest BCUT2D eigenvalue weighted by atomic mass is 32.2. The Morgan fingerprint density at radius 2 is 1.94 bits per heavy atom. The quantitative estimate of drug-likeness (QED) is 0.426. The minimum Gasteiger partial charge on any atom is -0.481 e. The zero-order valence-electron chi connectivity index (χ0n) is 19.0. The van der Waals surface area contributed by atoms with Gasteiger partial charge in [-0.05, 0) is 55.7 Å². The van der Waals surface area contributed by atoms with Gasteiger partial charge in [-0.15, -0.1) is 0 Å². The third-order valence-corrected chi connectivity index (χ3v) is 8.62. The van der Waals surface area contributed by atoms with Gasteiger partial charge in [0.15, 0.2) is 12.1 Å². The van der Waals surface area contributed by atoms with Gasteiger partial charge in [-0.1, -0.05) is 6.92 Å². The van der Waals surface area contributed by atoms with Gasteiger partial charge in [-0.25, -0.2) is 18.2 Å². The summed E-state index contributed by atoms with van der Waals surface area (Å²) >= 11 is 1.59. The molecule has 3 aromatic rings. The molecule has 0 saturated carbocycles. The Balaban J connectivity index is 1.77. The van der Waals surface area contributed by atoms with E-state index >= 15 is 0 Å². The zero-order chi connectivity index (χ0) is 24.5. The summed E-state index contributed by atoms with van der Waals surface area (Å²) in [6.07, 6.45) is 1.25. The van der Waals surface area contributed by atoms with E-state index in [4.69, 9.17) is 19.0 Å². The fourth-order valence-corrected chi connectivity index (χ4v) is 7.02. The summed E-state index contributed by atoms with van der Waals surface area (Å²) in [4.78, 5) is 23.8. The monoisotopic (exact) mass is 507 g/mol. The second-order valence-corrected chi connectivity index (χ2v) is 11.3. The number of rotatable bonds is 9. The van der Waals surface area contributed by atoms with E-state index in [9.17, 15) is 13.2 Å². The number of hydrogen-bond donors (Lipinski definition) is 1. The normalized spacial score (nSPS) is 16.1. The minimum atomic E-state index is -3.74. The summed E-state index contributed by atoms with van der Waals surface area (Å²) in [5.74, 6) is 0.973. The van der Waals surface area contributed by atoms with Gasteiger partial charge < -0.3 is 19.0 Å². The molecule has 182 valence electrons. The van der Waals surface area contributed by atoms with Crippen LogP contribution in [-0.4, -0.2) is 64.4 Å². The molecule has 1 N–H and O–H groups in total. The Hall–Kier alpha value is -2.86. The molecule has 10 nitrogen and oxygen atoms in total. The van der Waals surface area contributed by atoms with E-state index in [-0.39, 0.29) is 28.2 Å². The number of carboxylic acid groups (broad SMARTS) is 1. The molecule has 1 saturated heterocycles. The molecule has 1 aromatic carbocycles. The summed E-state index contributed by atoms with van der Waals surface area (Å²) in [6.45, 7) is 5.39. The van der Waals surface area contributed by atoms with Crippen molar-refractivity contribution in [1.82, 2.24) is 15.0 Å². The van der Waals surface area contributed by atoms with Crippen LogP contribution in [0.5, 0.6) is 11.6 Å². The van der Waals surface area contributed by atoms with Crippen molar-refractivity contribution in [2.75, 3.05) is 24.7 Å². The first-order valence-electron chi connectivity index (χ1n) is 10.8. The van der Waals surface area contributed by atoms with Crippen molar-refractivity contribution >= 4 is 38.8 Å². The Morgan fingerprint density at radius 3 is 2.56 bits per heavy atom. The number of ether oxygens (including phenoxy) is 2. The van der Waals surface area contributed by atoms with E-state index in [1.807, 2.05) is 6.92 Å². The number of carboxylic acids is 1. The molecule has 12 heteroatoms. The van der Waals surface area contributed by atoms with E-state index in [0.717, 1.165) is 5.75 Å². The topological polar surface area (TPSA) is 142 Å². The molecule has 1 unspecified atom stereocenters. The molecule has 1 aliphatic rings. The van der Waals surface area contributed by atoms with Gasteiger partial charge in [-0.3, -0.25) is 0 Å². The highest BCUT2D eigenvalue weighted by Crippen LogP contribution is 2.34. The Labute approximate surface area is 201 Å². The summed E-state index contributed by atoms with van der Waals surface area (Å²) in [5, 5.41) is 8.03. The summed E-state index contributed by atoms with van der Waals surface area (Å²) in [7, 11) is -3.74. The number of oxazole rings is 1. The summed E-state index contributed by atoms with van der Waals surface area (Å²) in [5.41, 5.74) is 2.28. The molecule has 0 bridgehead atoms. The van der Waals surface area contributed by atoms with Crippen molar-refractivity contribution < 1.29 is 32.2 Å². The lowest BCUT2D eigenvalue weighted by atomic mass is 10.1. The average Bonchev–Trinajstić information content (AvgIpc) is 3.47. The number of benzene rings is 1. The van der Waals surface area contributed by atoms with Crippen molar-refractivity contribution in [2.24, 2.45) is 0 Å². The molecule has 0 spiro atoms. The predicted octanol–water partition coefficient (Wildman–Crippen LogP) is 3.43. The maximum Gasteiger partial charge on any atom is 0.341 e. The van der Waals surface area contributed by atoms with Crippen LogP contribution in [-0.2, 0) is 14.6 Å². The molecule has 2 aromatic heterocycles. The molecule has 1 fully saturated rings. The fraction of sp³-hybridized carbons (Fsp3) is 0.455. The summed E-state index contributed by atoms with van der Waals surface area (Å²) in [6, 6.07) is 3.50. The Kier molecular flexibility index (Phi) is 6.99. The van der Waals surface area contributed by atoms with Crippen molar-refractivity contribution in [3.8, 4) is 23.1 Å². The average molecular weight is 508 g/mol. The number of hydrogen-bond acceptors (Lipinski definition) is 10. The largest absolute Gasteiger partial charge is 0.481 e. The molecule has 0 radical (unpaired) electrons. The molecule has 0 aliphatic carbocycles. The molecule has 4 rings (SSSR count). The van der Waals surface area contributed by atoms with E-state index in [1.165, 1.54) is 0 Å². The second-order valence-electron chi connectivity index (χ2n) is 7.98. The number of sulfone groups is 1. The van der Waals surface area contributed by atoms with E-state index in [2.05, 4.69) is 15.0 Å². The first-order chi connectivity index (χ1) is 16.2. The van der Waals surface area contributed by atoms with Crippen molar-refractivity contribution in [3.63, 3.8) is 0 Å². The van der Waals surface area contributed by atoms with Crippen LogP contribution in [0.3, 0.4) is 0 Å². The van der Waals surface area contributed by atoms with Gasteiger partial charge in [0.2, 0.25) is 21.6 Å². The predicted molar refractivity (Wildman–Crippen MR) is 126 cm³/mol. The lowest BCUT2D eigenvalue weighted by Crippen LogP contribution is -2.23. The van der Waals surface area contributed by atoms with Crippen LogP contribution in [0, 0.1) is 13.8 Å². The Bertz CT molecular complexity index is 1310. The first-order valence-corrected chi connectivity index (χ1v) is 13.5. The van der Waals surface area contributed by atoms with Gasteiger partial charge >= 0.3 is 5.97 Å².